The quantitative estimate of drug-likeness (QED) is 0.883. The Balaban J connectivity index is 1.67. The summed E-state index contributed by atoms with van der Waals surface area (Å²) in [7, 11) is 0. The fourth-order valence-electron chi connectivity index (χ4n) is 2.99. The van der Waals surface area contributed by atoms with Crippen LogP contribution in [0.3, 0.4) is 0 Å². The minimum Gasteiger partial charge on any atom is -0.355 e. The van der Waals surface area contributed by atoms with E-state index in [1.807, 2.05) is 47.5 Å². The van der Waals surface area contributed by atoms with Gasteiger partial charge in [0, 0.05) is 17.8 Å². The van der Waals surface area contributed by atoms with E-state index in [1.54, 1.807) is 18.3 Å². The number of fused-ring (bicyclic) bond motifs is 1. The van der Waals surface area contributed by atoms with Gasteiger partial charge in [-0.05, 0) is 23.2 Å². The van der Waals surface area contributed by atoms with Gasteiger partial charge >= 0.3 is 0 Å². The number of amides is 1. The van der Waals surface area contributed by atoms with Crippen molar-refractivity contribution in [3.05, 3.63) is 89.8 Å². The van der Waals surface area contributed by atoms with Crippen molar-refractivity contribution in [2.45, 2.75) is 6.17 Å². The van der Waals surface area contributed by atoms with Crippen molar-refractivity contribution in [3.8, 4) is 6.07 Å². The van der Waals surface area contributed by atoms with Crippen molar-refractivity contribution in [2.75, 3.05) is 5.32 Å². The van der Waals surface area contributed by atoms with Crippen LogP contribution in [0.15, 0.2) is 78.7 Å². The van der Waals surface area contributed by atoms with Crippen LogP contribution in [0.25, 0.3) is 0 Å². The first kappa shape index (κ1) is 15.6. The third-order valence-corrected chi connectivity index (χ3v) is 4.17. The van der Waals surface area contributed by atoms with E-state index in [-0.39, 0.29) is 12.1 Å². The molecule has 2 aliphatic heterocycles. The minimum absolute atomic E-state index is 0.291. The van der Waals surface area contributed by atoms with Gasteiger partial charge in [-0.1, -0.05) is 24.3 Å². The molecule has 0 saturated carbocycles. The van der Waals surface area contributed by atoms with Gasteiger partial charge in [0.05, 0.1) is 23.5 Å². The molecule has 4 rings (SSSR count). The second-order valence-electron chi connectivity index (χ2n) is 5.71. The SMILES string of the molecule is N#Cc1ccccc1C1NC(C(=O)Nc2cc[nH+]cn2)=C2C=CC=CN21. The molecule has 0 bridgehead atoms. The second kappa shape index (κ2) is 6.53. The number of hydrogen-bond acceptors (Lipinski definition) is 5. The smallest absolute Gasteiger partial charge is 0.286 e. The van der Waals surface area contributed by atoms with Gasteiger partial charge in [0.15, 0.2) is 0 Å². The predicted molar refractivity (Wildman–Crippen MR) is 93.6 cm³/mol. The normalized spacial score (nSPS) is 17.5. The third kappa shape index (κ3) is 2.70. The van der Waals surface area contributed by atoms with Gasteiger partial charge in [-0.3, -0.25) is 15.1 Å². The Morgan fingerprint density at radius 3 is 3.00 bits per heavy atom. The summed E-state index contributed by atoms with van der Waals surface area (Å²) in [4.78, 5) is 21.6. The molecule has 26 heavy (non-hydrogen) atoms. The number of hydrogen-bond donors (Lipinski definition) is 2. The molecule has 0 saturated heterocycles. The average Bonchev–Trinajstić information content (AvgIpc) is 3.08. The summed E-state index contributed by atoms with van der Waals surface area (Å²) in [6.45, 7) is 0. The van der Waals surface area contributed by atoms with Gasteiger partial charge in [0.25, 0.3) is 18.1 Å². The summed E-state index contributed by atoms with van der Waals surface area (Å²) in [5.41, 5.74) is 2.54. The maximum absolute atomic E-state index is 12.8. The molecule has 0 radical (unpaired) electrons. The largest absolute Gasteiger partial charge is 0.355 e. The van der Waals surface area contributed by atoms with Crippen LogP contribution in [-0.2, 0) is 4.79 Å². The molecule has 1 unspecified atom stereocenters. The Kier molecular flexibility index (Phi) is 3.92. The maximum Gasteiger partial charge on any atom is 0.286 e. The number of benzene rings is 1. The number of aromatic amines is 1. The Labute approximate surface area is 150 Å². The number of anilines is 1. The molecule has 7 nitrogen and oxygen atoms in total. The second-order valence-corrected chi connectivity index (χ2v) is 5.71. The van der Waals surface area contributed by atoms with Crippen molar-refractivity contribution >= 4 is 11.7 Å². The van der Waals surface area contributed by atoms with E-state index in [4.69, 9.17) is 0 Å². The molecule has 1 aromatic heterocycles. The Morgan fingerprint density at radius 2 is 2.19 bits per heavy atom. The molecule has 1 amide bonds. The predicted octanol–water partition coefficient (Wildman–Crippen LogP) is 1.60. The number of allylic oxidation sites excluding steroid dienone is 3. The molecule has 3 heterocycles. The molecular weight excluding hydrogens is 328 g/mol. The number of aromatic nitrogens is 2. The molecule has 1 atom stereocenters. The summed E-state index contributed by atoms with van der Waals surface area (Å²) in [6.07, 6.45) is 10.4. The number of nitrogens with zero attached hydrogens (tertiary/aromatic N) is 3. The Bertz CT molecular complexity index is 987. The molecular formula is C19H15N6O+. The fourth-order valence-corrected chi connectivity index (χ4v) is 2.99. The first-order valence-electron chi connectivity index (χ1n) is 8.04. The molecule has 0 fully saturated rings. The van der Waals surface area contributed by atoms with Crippen molar-refractivity contribution in [1.82, 2.24) is 15.2 Å². The van der Waals surface area contributed by atoms with E-state index in [9.17, 15) is 10.1 Å². The Morgan fingerprint density at radius 1 is 1.31 bits per heavy atom. The lowest BCUT2D eigenvalue weighted by molar-refractivity contribution is -0.382. The van der Waals surface area contributed by atoms with Crippen LogP contribution in [0.2, 0.25) is 0 Å². The van der Waals surface area contributed by atoms with Crippen molar-refractivity contribution < 1.29 is 9.78 Å². The van der Waals surface area contributed by atoms with Gasteiger partial charge in [-0.15, -0.1) is 0 Å². The minimum atomic E-state index is -0.333. The van der Waals surface area contributed by atoms with Crippen LogP contribution in [0.4, 0.5) is 5.82 Å². The first-order valence-corrected chi connectivity index (χ1v) is 8.04. The molecule has 2 aliphatic rings. The molecule has 0 aliphatic carbocycles. The van der Waals surface area contributed by atoms with Gasteiger partial charge in [-0.2, -0.15) is 5.26 Å². The van der Waals surface area contributed by atoms with Crippen molar-refractivity contribution in [1.29, 1.82) is 5.26 Å². The highest BCUT2D eigenvalue weighted by atomic mass is 16.2. The molecule has 7 heteroatoms. The average molecular weight is 343 g/mol. The molecule has 126 valence electrons. The van der Waals surface area contributed by atoms with E-state index >= 15 is 0 Å². The number of nitrogens with one attached hydrogen (secondary N) is 3. The Hall–Kier alpha value is -3.92. The number of carbonyl (C=O) groups is 1. The zero-order valence-electron chi connectivity index (χ0n) is 13.7. The highest BCUT2D eigenvalue weighted by molar-refractivity contribution is 6.04. The lowest BCUT2D eigenvalue weighted by Crippen LogP contribution is -2.29. The van der Waals surface area contributed by atoms with Gasteiger partial charge in [0.1, 0.15) is 11.9 Å². The van der Waals surface area contributed by atoms with Crippen molar-refractivity contribution in [3.63, 3.8) is 0 Å². The maximum atomic E-state index is 12.8. The summed E-state index contributed by atoms with van der Waals surface area (Å²) < 4.78 is 0. The first-order chi connectivity index (χ1) is 12.8. The van der Waals surface area contributed by atoms with E-state index in [1.165, 1.54) is 6.33 Å². The summed E-state index contributed by atoms with van der Waals surface area (Å²) in [5, 5.41) is 15.4. The van der Waals surface area contributed by atoms with Gasteiger partial charge in [-0.25, -0.2) is 0 Å². The van der Waals surface area contributed by atoms with E-state index in [2.05, 4.69) is 26.7 Å². The lowest BCUT2D eigenvalue weighted by atomic mass is 10.1. The van der Waals surface area contributed by atoms with Crippen LogP contribution >= 0.6 is 0 Å². The van der Waals surface area contributed by atoms with Crippen LogP contribution in [-0.4, -0.2) is 15.8 Å². The molecule has 3 N–H and O–H groups in total. The van der Waals surface area contributed by atoms with Crippen LogP contribution in [0.5, 0.6) is 0 Å². The van der Waals surface area contributed by atoms with Crippen LogP contribution < -0.4 is 15.6 Å². The number of nitriles is 1. The van der Waals surface area contributed by atoms with Gasteiger partial charge < -0.3 is 10.2 Å². The standard InChI is InChI=1S/C19H14N6O/c20-11-13-5-1-2-6-14(13)18-24-17(15-7-3-4-10-25(15)18)19(26)23-16-8-9-21-12-22-16/h1-10,12,18,24H,(H,21,22,23,26)/p+1. The molecule has 1 aromatic carbocycles. The summed E-state index contributed by atoms with van der Waals surface area (Å²) in [5.74, 6) is 0.159. The van der Waals surface area contributed by atoms with Crippen molar-refractivity contribution in [2.24, 2.45) is 0 Å². The highest BCUT2D eigenvalue weighted by Gasteiger charge is 2.35. The highest BCUT2D eigenvalue weighted by Crippen LogP contribution is 2.35. The van der Waals surface area contributed by atoms with Crippen LogP contribution in [0, 0.1) is 11.3 Å². The summed E-state index contributed by atoms with van der Waals surface area (Å²) >= 11 is 0. The summed E-state index contributed by atoms with van der Waals surface area (Å²) in [6, 6.07) is 11.2. The van der Waals surface area contributed by atoms with Crippen LogP contribution in [0.1, 0.15) is 17.3 Å². The zero-order chi connectivity index (χ0) is 17.9. The third-order valence-electron chi connectivity index (χ3n) is 4.17. The fraction of sp³-hybridized carbons (Fsp3) is 0.0526. The lowest BCUT2D eigenvalue weighted by Gasteiger charge is -2.26. The monoisotopic (exact) mass is 343 g/mol. The topological polar surface area (TPSA) is 95.2 Å². The zero-order valence-corrected chi connectivity index (χ0v) is 13.7. The molecule has 0 spiro atoms. The van der Waals surface area contributed by atoms with Gasteiger partial charge in [0.2, 0.25) is 0 Å². The van der Waals surface area contributed by atoms with E-state index in [0.717, 1.165) is 11.3 Å². The number of carbonyl (C=O) groups excluding carboxylic acids is 1. The molecule has 2 aromatic rings. The number of H-pyrrole nitrogens is 1. The number of rotatable bonds is 3. The van der Waals surface area contributed by atoms with E-state index < -0.39 is 0 Å². The van der Waals surface area contributed by atoms with E-state index in [0.29, 0.717) is 17.1 Å².